The van der Waals surface area contributed by atoms with Crippen molar-refractivity contribution < 1.29 is 20.2 Å². The number of nitrogens with two attached hydrogens (primary N) is 1. The molecule has 4 nitrogen and oxygen atoms in total. The van der Waals surface area contributed by atoms with Gasteiger partial charge in [-0.2, -0.15) is 5.48 Å². The molecule has 0 radical (unpaired) electrons. The van der Waals surface area contributed by atoms with Crippen molar-refractivity contribution in [1.82, 2.24) is 0 Å². The highest BCUT2D eigenvalue weighted by Crippen LogP contribution is 2.42. The summed E-state index contributed by atoms with van der Waals surface area (Å²) in [5, 5.41) is 9.97. The molecule has 1 atom stereocenters. The Kier molecular flexibility index (Phi) is 3.32. The Morgan fingerprint density at radius 1 is 1.65 bits per heavy atom. The first-order valence-corrected chi connectivity index (χ1v) is 5.86. The third kappa shape index (κ3) is 2.13. The molecule has 1 aliphatic heterocycles. The standard InChI is InChI=1S/C12H16ClNO3/c1-7-10(13)9(14-16-3)4-8-5-12(2,6-15)17-11(7)8/h4,14-15H,5-6H2,1-3H3/p+1. The van der Waals surface area contributed by atoms with Crippen LogP contribution in [0.15, 0.2) is 6.07 Å². The monoisotopic (exact) mass is 258 g/mol. The maximum Gasteiger partial charge on any atom is 0.181 e. The lowest BCUT2D eigenvalue weighted by atomic mass is 9.99. The molecular weight excluding hydrogens is 242 g/mol. The topological polar surface area (TPSA) is 55.3 Å². The van der Waals surface area contributed by atoms with Crippen molar-refractivity contribution in [3.8, 4) is 5.75 Å². The Labute approximate surface area is 105 Å². The van der Waals surface area contributed by atoms with Crippen LogP contribution in [0, 0.1) is 6.92 Å². The fourth-order valence-corrected chi connectivity index (χ4v) is 2.32. The van der Waals surface area contributed by atoms with Gasteiger partial charge in [0.25, 0.3) is 0 Å². The number of benzene rings is 1. The van der Waals surface area contributed by atoms with E-state index in [2.05, 4.69) is 0 Å². The number of aliphatic hydroxyl groups is 1. The van der Waals surface area contributed by atoms with E-state index in [-0.39, 0.29) is 6.61 Å². The molecule has 1 aromatic carbocycles. The molecule has 0 spiro atoms. The molecular formula is C12H17ClNO3+. The summed E-state index contributed by atoms with van der Waals surface area (Å²) in [5.74, 6) is 0.791. The van der Waals surface area contributed by atoms with E-state index in [0.717, 1.165) is 22.6 Å². The van der Waals surface area contributed by atoms with Gasteiger partial charge >= 0.3 is 0 Å². The number of fused-ring (bicyclic) bond motifs is 1. The molecule has 1 aromatic rings. The van der Waals surface area contributed by atoms with Crippen LogP contribution in [0.25, 0.3) is 0 Å². The average molecular weight is 259 g/mol. The lowest BCUT2D eigenvalue weighted by Crippen LogP contribution is -2.76. The second kappa shape index (κ2) is 4.46. The SMILES string of the molecule is CO[NH2+]c1cc2c(c(C)c1Cl)OC(C)(CO)C2. The van der Waals surface area contributed by atoms with E-state index in [0.29, 0.717) is 11.4 Å². The Balaban J connectivity index is 2.45. The Hall–Kier alpha value is -0.810. The van der Waals surface area contributed by atoms with E-state index in [9.17, 15) is 5.11 Å². The van der Waals surface area contributed by atoms with E-state index < -0.39 is 5.60 Å². The summed E-state index contributed by atoms with van der Waals surface area (Å²) >= 11 is 6.24. The molecule has 0 saturated carbocycles. The average Bonchev–Trinajstić information content (AvgIpc) is 2.64. The van der Waals surface area contributed by atoms with Gasteiger partial charge in [0.15, 0.2) is 5.69 Å². The highest BCUT2D eigenvalue weighted by Gasteiger charge is 2.36. The Morgan fingerprint density at radius 3 is 2.94 bits per heavy atom. The van der Waals surface area contributed by atoms with Crippen LogP contribution in [0.1, 0.15) is 18.1 Å². The minimum Gasteiger partial charge on any atom is -0.484 e. The Morgan fingerprint density at radius 2 is 2.35 bits per heavy atom. The van der Waals surface area contributed by atoms with Gasteiger partial charge in [0, 0.05) is 23.6 Å². The Bertz CT molecular complexity index is 450. The molecule has 2 rings (SSSR count). The minimum atomic E-state index is -0.540. The molecule has 1 unspecified atom stereocenters. The third-order valence-electron chi connectivity index (χ3n) is 3.04. The van der Waals surface area contributed by atoms with Gasteiger partial charge in [0.05, 0.1) is 13.7 Å². The van der Waals surface area contributed by atoms with Crippen LogP contribution in [0.3, 0.4) is 0 Å². The summed E-state index contributed by atoms with van der Waals surface area (Å²) in [6, 6.07) is 1.95. The number of quaternary nitrogens is 1. The van der Waals surface area contributed by atoms with E-state index in [1.54, 1.807) is 12.6 Å². The third-order valence-corrected chi connectivity index (χ3v) is 3.54. The molecule has 0 amide bonds. The second-order valence-corrected chi connectivity index (χ2v) is 5.01. The minimum absolute atomic E-state index is 0.0118. The zero-order valence-corrected chi connectivity index (χ0v) is 11.0. The molecule has 0 fully saturated rings. The number of hydrogen-bond acceptors (Lipinski definition) is 3. The highest BCUT2D eigenvalue weighted by atomic mass is 35.5. The van der Waals surface area contributed by atoms with Crippen molar-refractivity contribution in [2.24, 2.45) is 0 Å². The molecule has 0 bridgehead atoms. The first-order chi connectivity index (χ1) is 8.00. The van der Waals surface area contributed by atoms with Crippen LogP contribution in [0.2, 0.25) is 5.02 Å². The molecule has 1 aliphatic rings. The van der Waals surface area contributed by atoms with Crippen LogP contribution < -0.4 is 10.2 Å². The molecule has 0 aliphatic carbocycles. The smallest absolute Gasteiger partial charge is 0.181 e. The van der Waals surface area contributed by atoms with Gasteiger partial charge in [-0.1, -0.05) is 11.6 Å². The summed E-state index contributed by atoms with van der Waals surface area (Å²) in [5.41, 5.74) is 3.87. The van der Waals surface area contributed by atoms with Crippen LogP contribution in [0.4, 0.5) is 5.69 Å². The zero-order chi connectivity index (χ0) is 12.6. The lowest BCUT2D eigenvalue weighted by Gasteiger charge is -2.20. The molecule has 94 valence electrons. The van der Waals surface area contributed by atoms with Crippen molar-refractivity contribution in [3.05, 3.63) is 22.2 Å². The summed E-state index contributed by atoms with van der Waals surface area (Å²) in [6.07, 6.45) is 0.682. The van der Waals surface area contributed by atoms with Gasteiger partial charge in [0.2, 0.25) is 0 Å². The second-order valence-electron chi connectivity index (χ2n) is 4.63. The molecule has 0 aromatic heterocycles. The van der Waals surface area contributed by atoms with Crippen LogP contribution in [0.5, 0.6) is 5.75 Å². The largest absolute Gasteiger partial charge is 0.484 e. The molecule has 3 N–H and O–H groups in total. The number of halogens is 1. The van der Waals surface area contributed by atoms with Gasteiger partial charge in [-0.25, -0.2) is 4.84 Å². The van der Waals surface area contributed by atoms with Gasteiger partial charge in [-0.05, 0) is 13.8 Å². The first kappa shape index (κ1) is 12.6. The molecule has 1 heterocycles. The number of rotatable bonds is 3. The summed E-state index contributed by atoms with van der Waals surface area (Å²) in [4.78, 5) is 5.00. The quantitative estimate of drug-likeness (QED) is 0.630. The number of ether oxygens (including phenoxy) is 1. The maximum atomic E-state index is 9.34. The fourth-order valence-electron chi connectivity index (χ4n) is 2.13. The van der Waals surface area contributed by atoms with Gasteiger partial charge in [-0.15, -0.1) is 0 Å². The van der Waals surface area contributed by atoms with Gasteiger partial charge < -0.3 is 9.84 Å². The lowest BCUT2D eigenvalue weighted by molar-refractivity contribution is -0.830. The predicted octanol–water partition coefficient (Wildman–Crippen LogP) is 1.09. The summed E-state index contributed by atoms with van der Waals surface area (Å²) < 4.78 is 5.80. The van der Waals surface area contributed by atoms with Crippen molar-refractivity contribution in [2.75, 3.05) is 13.7 Å². The van der Waals surface area contributed by atoms with E-state index in [4.69, 9.17) is 21.2 Å². The molecule has 17 heavy (non-hydrogen) atoms. The first-order valence-electron chi connectivity index (χ1n) is 5.48. The normalized spacial score (nSPS) is 22.4. The zero-order valence-electron chi connectivity index (χ0n) is 10.2. The van der Waals surface area contributed by atoms with E-state index in [1.165, 1.54) is 0 Å². The molecule has 5 heteroatoms. The summed E-state index contributed by atoms with van der Waals surface area (Å²) in [6.45, 7) is 3.79. The maximum absolute atomic E-state index is 9.34. The van der Waals surface area contributed by atoms with Crippen LogP contribution >= 0.6 is 11.6 Å². The molecule has 0 saturated heterocycles. The van der Waals surface area contributed by atoms with E-state index in [1.807, 2.05) is 19.9 Å². The van der Waals surface area contributed by atoms with Crippen molar-refractivity contribution in [2.45, 2.75) is 25.9 Å². The summed E-state index contributed by atoms with van der Waals surface area (Å²) in [7, 11) is 1.59. The fraction of sp³-hybridized carbons (Fsp3) is 0.500. The van der Waals surface area contributed by atoms with Crippen molar-refractivity contribution >= 4 is 17.3 Å². The van der Waals surface area contributed by atoms with Gasteiger partial charge in [-0.3, -0.25) is 0 Å². The van der Waals surface area contributed by atoms with Crippen molar-refractivity contribution in [1.29, 1.82) is 0 Å². The number of aliphatic hydroxyl groups excluding tert-OH is 1. The predicted molar refractivity (Wildman–Crippen MR) is 64.6 cm³/mol. The van der Waals surface area contributed by atoms with Crippen LogP contribution in [-0.4, -0.2) is 24.4 Å². The highest BCUT2D eigenvalue weighted by molar-refractivity contribution is 6.33. The number of hydrogen-bond donors (Lipinski definition) is 2. The van der Waals surface area contributed by atoms with E-state index >= 15 is 0 Å². The van der Waals surface area contributed by atoms with Crippen molar-refractivity contribution in [3.63, 3.8) is 0 Å². The van der Waals surface area contributed by atoms with Crippen LogP contribution in [-0.2, 0) is 11.3 Å². The van der Waals surface area contributed by atoms with Gasteiger partial charge in [0.1, 0.15) is 16.4 Å².